The van der Waals surface area contributed by atoms with Crippen LogP contribution in [0.15, 0.2) is 5.11 Å². The van der Waals surface area contributed by atoms with Gasteiger partial charge in [0, 0.05) is 18.0 Å². The Labute approximate surface area is 60.5 Å². The second-order valence-corrected chi connectivity index (χ2v) is 2.62. The number of rotatable bonds is 3. The Balaban J connectivity index is 2.11. The van der Waals surface area contributed by atoms with Gasteiger partial charge in [0.2, 0.25) is 0 Å². The van der Waals surface area contributed by atoms with Gasteiger partial charge in [0.05, 0.1) is 6.04 Å². The molecule has 1 fully saturated rings. The zero-order valence-electron chi connectivity index (χ0n) is 6.19. The molecular weight excluding hydrogens is 128 g/mol. The summed E-state index contributed by atoms with van der Waals surface area (Å²) in [5, 5.41) is 3.60. The van der Waals surface area contributed by atoms with Gasteiger partial charge in [0.15, 0.2) is 0 Å². The Morgan fingerprint density at radius 3 is 2.90 bits per heavy atom. The smallest absolute Gasteiger partial charge is 0.0628 e. The van der Waals surface area contributed by atoms with E-state index in [0.29, 0.717) is 0 Å². The summed E-state index contributed by atoms with van der Waals surface area (Å²) in [5.74, 6) is 0. The van der Waals surface area contributed by atoms with Crippen molar-refractivity contribution in [3.8, 4) is 0 Å². The normalized spacial score (nSPS) is 19.7. The minimum Gasteiger partial charge on any atom is -0.302 e. The average Bonchev–Trinajstić information content (AvgIpc) is 1.84. The van der Waals surface area contributed by atoms with Crippen LogP contribution in [-0.2, 0) is 0 Å². The van der Waals surface area contributed by atoms with Gasteiger partial charge in [0.25, 0.3) is 0 Å². The lowest BCUT2D eigenvalue weighted by molar-refractivity contribution is 0.151. The molecule has 0 radical (unpaired) electrons. The van der Waals surface area contributed by atoms with Gasteiger partial charge < -0.3 is 4.90 Å². The molecule has 0 unspecified atom stereocenters. The van der Waals surface area contributed by atoms with E-state index in [9.17, 15) is 0 Å². The van der Waals surface area contributed by atoms with Gasteiger partial charge in [-0.2, -0.15) is 0 Å². The van der Waals surface area contributed by atoms with E-state index in [2.05, 4.69) is 21.8 Å². The number of hydrogen-bond donors (Lipinski definition) is 0. The monoisotopic (exact) mass is 140 g/mol. The van der Waals surface area contributed by atoms with Gasteiger partial charge in [0.1, 0.15) is 0 Å². The van der Waals surface area contributed by atoms with E-state index in [1.165, 1.54) is 6.42 Å². The maximum atomic E-state index is 8.06. The van der Waals surface area contributed by atoms with E-state index < -0.39 is 0 Å². The largest absolute Gasteiger partial charge is 0.302 e. The van der Waals surface area contributed by atoms with E-state index in [4.69, 9.17) is 5.53 Å². The predicted molar refractivity (Wildman–Crippen MR) is 39.7 cm³/mol. The third-order valence-electron chi connectivity index (χ3n) is 1.69. The summed E-state index contributed by atoms with van der Waals surface area (Å²) in [4.78, 5) is 5.04. The minimum absolute atomic E-state index is 0.247. The van der Waals surface area contributed by atoms with Gasteiger partial charge in [-0.25, -0.2) is 0 Å². The van der Waals surface area contributed by atoms with Gasteiger partial charge in [-0.05, 0) is 18.5 Å². The van der Waals surface area contributed by atoms with E-state index >= 15 is 0 Å². The Bertz CT molecular complexity index is 144. The van der Waals surface area contributed by atoms with E-state index in [1.807, 2.05) is 0 Å². The summed E-state index contributed by atoms with van der Waals surface area (Å²) in [6.07, 6.45) is 1.18. The molecule has 0 amide bonds. The highest BCUT2D eigenvalue weighted by molar-refractivity contribution is 4.85. The molecule has 0 spiro atoms. The molecule has 1 aliphatic heterocycles. The Morgan fingerprint density at radius 1 is 1.70 bits per heavy atom. The summed E-state index contributed by atoms with van der Waals surface area (Å²) in [6, 6.07) is 0.247. The Morgan fingerprint density at radius 2 is 2.40 bits per heavy atom. The molecular formula is C6H12N4. The first kappa shape index (κ1) is 7.38. The summed E-state index contributed by atoms with van der Waals surface area (Å²) < 4.78 is 0. The average molecular weight is 140 g/mol. The first-order valence-corrected chi connectivity index (χ1v) is 3.63. The molecule has 0 aliphatic carbocycles. The first-order chi connectivity index (χ1) is 4.86. The molecule has 0 N–H and O–H groups in total. The lowest BCUT2D eigenvalue weighted by Gasteiger charge is -2.36. The molecule has 4 nitrogen and oxygen atoms in total. The summed E-state index contributed by atoms with van der Waals surface area (Å²) in [5.41, 5.74) is 8.06. The van der Waals surface area contributed by atoms with Crippen molar-refractivity contribution in [3.63, 3.8) is 0 Å². The number of hydrogen-bond acceptors (Lipinski definition) is 2. The molecule has 0 aromatic carbocycles. The van der Waals surface area contributed by atoms with E-state index in [-0.39, 0.29) is 6.04 Å². The molecule has 1 rings (SSSR count). The molecule has 1 aliphatic rings. The van der Waals surface area contributed by atoms with Crippen LogP contribution in [0.2, 0.25) is 0 Å². The molecule has 0 aromatic heterocycles. The Hall–Kier alpha value is -0.730. The lowest BCUT2D eigenvalue weighted by atomic mass is 10.1. The zero-order valence-corrected chi connectivity index (χ0v) is 6.19. The number of nitrogens with zero attached hydrogens (tertiary/aromatic N) is 4. The fraction of sp³-hybridized carbons (Fsp3) is 1.00. The minimum atomic E-state index is 0.247. The number of likely N-dealkylation sites (tertiary alicyclic amines) is 1. The van der Waals surface area contributed by atoms with Crippen LogP contribution in [0, 0.1) is 0 Å². The molecule has 0 atom stereocenters. The molecule has 0 saturated carbocycles. The molecule has 4 heteroatoms. The molecule has 10 heavy (non-hydrogen) atoms. The van der Waals surface area contributed by atoms with Crippen LogP contribution in [0.1, 0.15) is 13.3 Å². The molecule has 1 saturated heterocycles. The highest BCUT2D eigenvalue weighted by Gasteiger charge is 2.23. The number of azide groups is 1. The third-order valence-corrected chi connectivity index (χ3v) is 1.69. The van der Waals surface area contributed by atoms with Crippen molar-refractivity contribution < 1.29 is 0 Å². The highest BCUT2D eigenvalue weighted by atomic mass is 15.3. The van der Waals surface area contributed by atoms with Crippen LogP contribution in [0.25, 0.3) is 10.4 Å². The van der Waals surface area contributed by atoms with Crippen molar-refractivity contribution >= 4 is 0 Å². The van der Waals surface area contributed by atoms with Gasteiger partial charge >= 0.3 is 0 Å². The van der Waals surface area contributed by atoms with Crippen LogP contribution in [0.3, 0.4) is 0 Å². The topological polar surface area (TPSA) is 52.0 Å². The van der Waals surface area contributed by atoms with Crippen LogP contribution < -0.4 is 0 Å². The van der Waals surface area contributed by atoms with Gasteiger partial charge in [-0.15, -0.1) is 0 Å². The SMILES string of the molecule is CCCN1CC(N=[N+]=[N-])C1. The maximum Gasteiger partial charge on any atom is 0.0628 e. The second kappa shape index (κ2) is 3.44. The Kier molecular flexibility index (Phi) is 2.54. The van der Waals surface area contributed by atoms with Crippen LogP contribution >= 0.6 is 0 Å². The summed E-state index contributed by atoms with van der Waals surface area (Å²) in [6.45, 7) is 5.20. The van der Waals surface area contributed by atoms with Crippen molar-refractivity contribution in [3.05, 3.63) is 10.4 Å². The standard InChI is InChI=1S/C6H12N4/c1-2-3-10-4-6(5-10)8-9-7/h6H,2-5H2,1H3. The zero-order chi connectivity index (χ0) is 7.40. The van der Waals surface area contributed by atoms with Crippen molar-refractivity contribution in [2.24, 2.45) is 5.11 Å². The fourth-order valence-electron chi connectivity index (χ4n) is 1.19. The molecule has 56 valence electrons. The van der Waals surface area contributed by atoms with Gasteiger partial charge in [-0.3, -0.25) is 0 Å². The molecule has 0 bridgehead atoms. The lowest BCUT2D eigenvalue weighted by Crippen LogP contribution is -2.49. The maximum absolute atomic E-state index is 8.06. The van der Waals surface area contributed by atoms with E-state index in [1.54, 1.807) is 0 Å². The molecule has 0 aromatic rings. The fourth-order valence-corrected chi connectivity index (χ4v) is 1.19. The van der Waals surface area contributed by atoms with Crippen molar-refractivity contribution in [2.75, 3.05) is 19.6 Å². The van der Waals surface area contributed by atoms with Crippen LogP contribution in [0.5, 0.6) is 0 Å². The highest BCUT2D eigenvalue weighted by Crippen LogP contribution is 2.11. The van der Waals surface area contributed by atoms with E-state index in [0.717, 1.165) is 19.6 Å². The van der Waals surface area contributed by atoms with Crippen molar-refractivity contribution in [2.45, 2.75) is 19.4 Å². The summed E-state index contributed by atoms with van der Waals surface area (Å²) >= 11 is 0. The first-order valence-electron chi connectivity index (χ1n) is 3.63. The van der Waals surface area contributed by atoms with Crippen LogP contribution in [-0.4, -0.2) is 30.6 Å². The quantitative estimate of drug-likeness (QED) is 0.332. The van der Waals surface area contributed by atoms with Crippen molar-refractivity contribution in [1.29, 1.82) is 0 Å². The summed E-state index contributed by atoms with van der Waals surface area (Å²) in [7, 11) is 0. The van der Waals surface area contributed by atoms with Crippen LogP contribution in [0.4, 0.5) is 0 Å². The second-order valence-electron chi connectivity index (χ2n) is 2.62. The predicted octanol–water partition coefficient (Wildman–Crippen LogP) is 1.39. The molecule has 1 heterocycles. The third kappa shape index (κ3) is 1.62. The van der Waals surface area contributed by atoms with Crippen molar-refractivity contribution in [1.82, 2.24) is 4.90 Å². The van der Waals surface area contributed by atoms with Gasteiger partial charge in [-0.1, -0.05) is 12.0 Å².